The van der Waals surface area contributed by atoms with E-state index in [1.165, 1.54) is 16.7 Å². The molecule has 0 fully saturated rings. The van der Waals surface area contributed by atoms with Crippen LogP contribution in [0, 0.1) is 0 Å². The van der Waals surface area contributed by atoms with Crippen LogP contribution < -0.4 is 14.2 Å². The molecule has 0 aliphatic carbocycles. The Hall–Kier alpha value is -3.75. The molecule has 0 radical (unpaired) electrons. The van der Waals surface area contributed by atoms with Crippen LogP contribution in [0.5, 0.6) is 17.2 Å². The summed E-state index contributed by atoms with van der Waals surface area (Å²) in [6.45, 7) is 5.62. The Morgan fingerprint density at radius 1 is 0.861 bits per heavy atom. The standard InChI is InChI=1S/C25H26ClNO3.C2H2O4/c1-2-28-23-10-5-21(6-11-23)17-27(16-20-3-8-22(26)9-4-20)14-13-19-7-12-24-25(15-19)30-18-29-24;3-1(4)2(5)6/h3-12,15H,2,13-14,16-18H2,1H3;(H,3,4)(H,5,6). The summed E-state index contributed by atoms with van der Waals surface area (Å²) in [5.74, 6) is -1.08. The Balaban J connectivity index is 0.000000538. The quantitative estimate of drug-likeness (QED) is 0.390. The molecule has 36 heavy (non-hydrogen) atoms. The third kappa shape index (κ3) is 8.48. The zero-order valence-corrected chi connectivity index (χ0v) is 20.6. The van der Waals surface area contributed by atoms with Crippen molar-refractivity contribution < 1.29 is 34.0 Å². The Bertz CT molecular complexity index is 1140. The molecule has 3 aromatic rings. The first kappa shape index (κ1) is 26.8. The molecule has 0 saturated heterocycles. The number of hydrogen-bond acceptors (Lipinski definition) is 6. The van der Waals surface area contributed by atoms with E-state index in [0.29, 0.717) is 13.4 Å². The van der Waals surface area contributed by atoms with Crippen molar-refractivity contribution in [1.82, 2.24) is 4.90 Å². The molecule has 0 aromatic heterocycles. The summed E-state index contributed by atoms with van der Waals surface area (Å²) in [6.07, 6.45) is 0.932. The highest BCUT2D eigenvalue weighted by Gasteiger charge is 2.14. The molecule has 2 N–H and O–H groups in total. The van der Waals surface area contributed by atoms with E-state index in [9.17, 15) is 0 Å². The maximum absolute atomic E-state index is 9.10. The van der Waals surface area contributed by atoms with Crippen LogP contribution in [-0.4, -0.2) is 47.0 Å². The van der Waals surface area contributed by atoms with Crippen LogP contribution >= 0.6 is 11.6 Å². The van der Waals surface area contributed by atoms with E-state index in [0.717, 1.165) is 48.3 Å². The van der Waals surface area contributed by atoms with Crippen molar-refractivity contribution in [2.75, 3.05) is 19.9 Å². The number of nitrogens with zero attached hydrogens (tertiary/aromatic N) is 1. The lowest BCUT2D eigenvalue weighted by Gasteiger charge is -2.23. The van der Waals surface area contributed by atoms with Crippen LogP contribution in [0.4, 0.5) is 0 Å². The smallest absolute Gasteiger partial charge is 0.414 e. The van der Waals surface area contributed by atoms with Crippen LogP contribution in [-0.2, 0) is 29.1 Å². The van der Waals surface area contributed by atoms with Gasteiger partial charge < -0.3 is 24.4 Å². The molecular weight excluding hydrogens is 486 g/mol. The first-order valence-electron chi connectivity index (χ1n) is 11.4. The largest absolute Gasteiger partial charge is 0.494 e. The van der Waals surface area contributed by atoms with Crippen molar-refractivity contribution in [1.29, 1.82) is 0 Å². The summed E-state index contributed by atoms with van der Waals surface area (Å²) in [6, 6.07) is 22.6. The van der Waals surface area contributed by atoms with Gasteiger partial charge in [-0.2, -0.15) is 0 Å². The van der Waals surface area contributed by atoms with Gasteiger partial charge in [-0.3, -0.25) is 4.90 Å². The number of hydrogen-bond donors (Lipinski definition) is 2. The third-order valence-electron chi connectivity index (χ3n) is 5.30. The predicted molar refractivity (Wildman–Crippen MR) is 135 cm³/mol. The van der Waals surface area contributed by atoms with Crippen molar-refractivity contribution in [3.63, 3.8) is 0 Å². The van der Waals surface area contributed by atoms with E-state index in [2.05, 4.69) is 41.3 Å². The highest BCUT2D eigenvalue weighted by atomic mass is 35.5. The maximum Gasteiger partial charge on any atom is 0.414 e. The van der Waals surface area contributed by atoms with Gasteiger partial charge in [-0.05, 0) is 66.4 Å². The maximum atomic E-state index is 9.10. The summed E-state index contributed by atoms with van der Waals surface area (Å²) < 4.78 is 16.5. The van der Waals surface area contributed by atoms with Crippen molar-refractivity contribution in [3.05, 3.63) is 88.4 Å². The lowest BCUT2D eigenvalue weighted by molar-refractivity contribution is -0.159. The van der Waals surface area contributed by atoms with Crippen LogP contribution in [0.1, 0.15) is 23.6 Å². The molecule has 0 bridgehead atoms. The summed E-state index contributed by atoms with van der Waals surface area (Å²) in [5, 5.41) is 15.5. The normalized spacial score (nSPS) is 11.5. The lowest BCUT2D eigenvalue weighted by atomic mass is 10.1. The van der Waals surface area contributed by atoms with E-state index in [-0.39, 0.29) is 0 Å². The predicted octanol–water partition coefficient (Wildman–Crippen LogP) is 4.87. The minimum Gasteiger partial charge on any atom is -0.494 e. The minimum atomic E-state index is -1.82. The average molecular weight is 514 g/mol. The van der Waals surface area contributed by atoms with Crippen molar-refractivity contribution in [2.45, 2.75) is 26.4 Å². The number of aliphatic carboxylic acids is 2. The molecule has 0 amide bonds. The fourth-order valence-electron chi connectivity index (χ4n) is 3.56. The van der Waals surface area contributed by atoms with Crippen molar-refractivity contribution >= 4 is 23.5 Å². The van der Waals surface area contributed by atoms with Crippen molar-refractivity contribution in [2.24, 2.45) is 0 Å². The molecule has 1 aliphatic rings. The number of carbonyl (C=O) groups is 2. The summed E-state index contributed by atoms with van der Waals surface area (Å²) in [5.41, 5.74) is 3.75. The second-order valence-electron chi connectivity index (χ2n) is 7.96. The highest BCUT2D eigenvalue weighted by Crippen LogP contribution is 2.32. The van der Waals surface area contributed by atoms with Gasteiger partial charge >= 0.3 is 11.9 Å². The number of carboxylic acid groups (broad SMARTS) is 2. The first-order valence-corrected chi connectivity index (χ1v) is 11.7. The van der Waals surface area contributed by atoms with Crippen LogP contribution in [0.2, 0.25) is 5.02 Å². The fraction of sp³-hybridized carbons (Fsp3) is 0.259. The Morgan fingerprint density at radius 3 is 2.00 bits per heavy atom. The van der Waals surface area contributed by atoms with Crippen molar-refractivity contribution in [3.8, 4) is 17.2 Å². The molecule has 0 unspecified atom stereocenters. The molecule has 8 nitrogen and oxygen atoms in total. The van der Waals surface area contributed by atoms with E-state index < -0.39 is 11.9 Å². The van der Waals surface area contributed by atoms with E-state index in [1.54, 1.807) is 0 Å². The average Bonchev–Trinajstić information content (AvgIpc) is 3.33. The topological polar surface area (TPSA) is 106 Å². The van der Waals surface area contributed by atoms with Gasteiger partial charge in [-0.15, -0.1) is 0 Å². The first-order chi connectivity index (χ1) is 17.3. The summed E-state index contributed by atoms with van der Waals surface area (Å²) in [7, 11) is 0. The summed E-state index contributed by atoms with van der Waals surface area (Å²) in [4.78, 5) is 20.6. The molecule has 190 valence electrons. The van der Waals surface area contributed by atoms with Gasteiger partial charge in [0.25, 0.3) is 0 Å². The number of rotatable bonds is 9. The van der Waals surface area contributed by atoms with E-state index in [4.69, 9.17) is 45.6 Å². The zero-order valence-electron chi connectivity index (χ0n) is 19.9. The fourth-order valence-corrected chi connectivity index (χ4v) is 3.69. The molecule has 1 aliphatic heterocycles. The third-order valence-corrected chi connectivity index (χ3v) is 5.55. The molecule has 4 rings (SSSR count). The molecular formula is C27H28ClNO7. The second-order valence-corrected chi connectivity index (χ2v) is 8.40. The van der Waals surface area contributed by atoms with Gasteiger partial charge in [0, 0.05) is 24.7 Å². The van der Waals surface area contributed by atoms with Crippen LogP contribution in [0.15, 0.2) is 66.7 Å². The van der Waals surface area contributed by atoms with Gasteiger partial charge in [-0.1, -0.05) is 41.9 Å². The van der Waals surface area contributed by atoms with E-state index >= 15 is 0 Å². The van der Waals surface area contributed by atoms with Gasteiger partial charge in [0.2, 0.25) is 6.79 Å². The lowest BCUT2D eigenvalue weighted by Crippen LogP contribution is -2.25. The van der Waals surface area contributed by atoms with Crippen LogP contribution in [0.25, 0.3) is 0 Å². The molecule has 0 saturated carbocycles. The SMILES string of the molecule is CCOc1ccc(CN(CCc2ccc3c(c2)OCO3)Cc2ccc(Cl)cc2)cc1.O=C(O)C(=O)O. The van der Waals surface area contributed by atoms with Gasteiger partial charge in [0.05, 0.1) is 6.61 Å². The number of benzene rings is 3. The number of ether oxygens (including phenoxy) is 3. The molecule has 9 heteroatoms. The highest BCUT2D eigenvalue weighted by molar-refractivity contribution is 6.30. The van der Waals surface area contributed by atoms with Gasteiger partial charge in [0.1, 0.15) is 5.75 Å². The number of carboxylic acids is 2. The molecule has 3 aromatic carbocycles. The van der Waals surface area contributed by atoms with Crippen LogP contribution in [0.3, 0.4) is 0 Å². The Kier molecular flexibility index (Phi) is 9.97. The van der Waals surface area contributed by atoms with Gasteiger partial charge in [-0.25, -0.2) is 9.59 Å². The number of halogens is 1. The second kappa shape index (κ2) is 13.4. The molecule has 0 spiro atoms. The van der Waals surface area contributed by atoms with Gasteiger partial charge in [0.15, 0.2) is 11.5 Å². The summed E-state index contributed by atoms with van der Waals surface area (Å²) >= 11 is 6.06. The monoisotopic (exact) mass is 513 g/mol. The molecule has 0 atom stereocenters. The minimum absolute atomic E-state index is 0.305. The Morgan fingerprint density at radius 2 is 1.42 bits per heavy atom. The van der Waals surface area contributed by atoms with E-state index in [1.807, 2.05) is 37.3 Å². The Labute approximate surface area is 214 Å². The number of fused-ring (bicyclic) bond motifs is 1. The molecule has 1 heterocycles. The zero-order chi connectivity index (χ0) is 25.9.